The molecule has 2 amide bonds. The molecule has 1 aliphatic heterocycles. The summed E-state index contributed by atoms with van der Waals surface area (Å²) in [6, 6.07) is 3.20. The third-order valence-corrected chi connectivity index (χ3v) is 4.32. The summed E-state index contributed by atoms with van der Waals surface area (Å²) in [6.45, 7) is 3.39. The molecule has 7 nitrogen and oxygen atoms in total. The monoisotopic (exact) mass is 327 g/mol. The van der Waals surface area contributed by atoms with Crippen molar-refractivity contribution in [2.24, 2.45) is 5.73 Å². The van der Waals surface area contributed by atoms with Gasteiger partial charge in [-0.25, -0.2) is 0 Å². The number of hydrogen-bond donors (Lipinski definition) is 1. The number of piperidine rings is 1. The van der Waals surface area contributed by atoms with Crippen molar-refractivity contribution in [1.82, 2.24) is 19.7 Å². The summed E-state index contributed by atoms with van der Waals surface area (Å²) in [7, 11) is 0. The van der Waals surface area contributed by atoms with Crippen molar-refractivity contribution in [3.05, 3.63) is 47.5 Å². The first kappa shape index (κ1) is 16.2. The molecule has 3 rings (SSSR count). The molecule has 24 heavy (non-hydrogen) atoms. The fourth-order valence-corrected chi connectivity index (χ4v) is 3.05. The van der Waals surface area contributed by atoms with Crippen LogP contribution >= 0.6 is 0 Å². The van der Waals surface area contributed by atoms with E-state index in [9.17, 15) is 9.59 Å². The number of carbonyl (C=O) groups excluding carboxylic acids is 2. The third kappa shape index (κ3) is 3.45. The van der Waals surface area contributed by atoms with E-state index in [1.54, 1.807) is 12.1 Å². The molecule has 1 saturated heterocycles. The second-order valence-electron chi connectivity index (χ2n) is 6.18. The van der Waals surface area contributed by atoms with E-state index in [1.807, 2.05) is 28.9 Å². The van der Waals surface area contributed by atoms with Crippen molar-refractivity contribution < 1.29 is 9.59 Å². The summed E-state index contributed by atoms with van der Waals surface area (Å²) >= 11 is 0. The Bertz CT molecular complexity index is 738. The van der Waals surface area contributed by atoms with Crippen LogP contribution in [0.3, 0.4) is 0 Å². The van der Waals surface area contributed by atoms with Crippen molar-refractivity contribution in [2.75, 3.05) is 6.54 Å². The van der Waals surface area contributed by atoms with Crippen molar-refractivity contribution in [1.29, 1.82) is 0 Å². The zero-order chi connectivity index (χ0) is 17.1. The Morgan fingerprint density at radius 3 is 2.75 bits per heavy atom. The van der Waals surface area contributed by atoms with Gasteiger partial charge in [-0.05, 0) is 43.9 Å². The summed E-state index contributed by atoms with van der Waals surface area (Å²) in [5.74, 6) is -0.661. The molecule has 2 aromatic rings. The van der Waals surface area contributed by atoms with E-state index in [1.165, 1.54) is 6.20 Å². The van der Waals surface area contributed by atoms with E-state index < -0.39 is 5.91 Å². The van der Waals surface area contributed by atoms with Crippen LogP contribution in [0.25, 0.3) is 0 Å². The van der Waals surface area contributed by atoms with Gasteiger partial charge in [-0.15, -0.1) is 0 Å². The summed E-state index contributed by atoms with van der Waals surface area (Å²) in [5.41, 5.74) is 6.95. The second-order valence-corrected chi connectivity index (χ2v) is 6.18. The smallest absolute Gasteiger partial charge is 0.272 e. The number of nitrogens with two attached hydrogens (primary N) is 1. The van der Waals surface area contributed by atoms with Crippen molar-refractivity contribution >= 4 is 11.8 Å². The van der Waals surface area contributed by atoms with Crippen molar-refractivity contribution in [3.8, 4) is 0 Å². The lowest BCUT2D eigenvalue weighted by molar-refractivity contribution is 0.0577. The molecule has 0 aromatic carbocycles. The number of likely N-dealkylation sites (tertiary alicyclic amines) is 1. The number of aromatic nitrogens is 3. The molecule has 0 aliphatic carbocycles. The zero-order valence-corrected chi connectivity index (χ0v) is 13.7. The Morgan fingerprint density at radius 2 is 2.12 bits per heavy atom. The quantitative estimate of drug-likeness (QED) is 0.918. The third-order valence-electron chi connectivity index (χ3n) is 4.32. The van der Waals surface area contributed by atoms with Crippen LogP contribution in [-0.2, 0) is 6.54 Å². The minimum absolute atomic E-state index is 0.100. The van der Waals surface area contributed by atoms with E-state index in [-0.39, 0.29) is 11.9 Å². The molecule has 2 N–H and O–H groups in total. The van der Waals surface area contributed by atoms with Gasteiger partial charge in [-0.2, -0.15) is 5.10 Å². The lowest BCUT2D eigenvalue weighted by Crippen LogP contribution is -2.46. The van der Waals surface area contributed by atoms with Crippen LogP contribution in [0.15, 0.2) is 30.7 Å². The maximum Gasteiger partial charge on any atom is 0.272 e. The summed E-state index contributed by atoms with van der Waals surface area (Å²) in [5, 5.41) is 4.32. The first-order chi connectivity index (χ1) is 11.5. The number of pyridine rings is 1. The van der Waals surface area contributed by atoms with Crippen LogP contribution in [0, 0.1) is 6.92 Å². The minimum atomic E-state index is -0.550. The van der Waals surface area contributed by atoms with Gasteiger partial charge < -0.3 is 10.6 Å². The summed E-state index contributed by atoms with van der Waals surface area (Å²) in [4.78, 5) is 29.9. The molecular formula is C17H21N5O2. The van der Waals surface area contributed by atoms with Gasteiger partial charge in [0.2, 0.25) is 5.91 Å². The Balaban J connectivity index is 1.76. The highest BCUT2D eigenvalue weighted by Crippen LogP contribution is 2.20. The highest BCUT2D eigenvalue weighted by Gasteiger charge is 2.28. The molecule has 3 heterocycles. The largest absolute Gasteiger partial charge is 0.366 e. The number of rotatable bonds is 4. The highest BCUT2D eigenvalue weighted by molar-refractivity contribution is 5.95. The summed E-state index contributed by atoms with van der Waals surface area (Å²) < 4.78 is 1.88. The number of hydrogen-bond acceptors (Lipinski definition) is 4. The molecule has 7 heteroatoms. The number of carbonyl (C=O) groups is 2. The fourth-order valence-electron chi connectivity index (χ4n) is 3.05. The second kappa shape index (κ2) is 6.82. The van der Waals surface area contributed by atoms with Gasteiger partial charge in [0, 0.05) is 18.9 Å². The number of nitrogens with zero attached hydrogens (tertiary/aromatic N) is 4. The van der Waals surface area contributed by atoms with Gasteiger partial charge in [-0.3, -0.25) is 19.3 Å². The van der Waals surface area contributed by atoms with Crippen LogP contribution in [0.2, 0.25) is 0 Å². The maximum atomic E-state index is 12.8. The first-order valence-electron chi connectivity index (χ1n) is 8.10. The lowest BCUT2D eigenvalue weighted by Gasteiger charge is -2.35. The van der Waals surface area contributed by atoms with Gasteiger partial charge in [0.05, 0.1) is 24.3 Å². The fraction of sp³-hybridized carbons (Fsp3) is 0.412. The van der Waals surface area contributed by atoms with Gasteiger partial charge in [-0.1, -0.05) is 0 Å². The Labute approximate surface area is 140 Å². The molecular weight excluding hydrogens is 306 g/mol. The minimum Gasteiger partial charge on any atom is -0.366 e. The molecule has 1 unspecified atom stereocenters. The molecule has 0 saturated carbocycles. The SMILES string of the molecule is Cc1cnn(CC2CCCCN2C(=O)c2ccc(C(N)=O)cn2)c1. The van der Waals surface area contributed by atoms with Gasteiger partial charge in [0.25, 0.3) is 5.91 Å². The molecule has 1 atom stereocenters. The normalized spacial score (nSPS) is 17.7. The molecule has 2 aromatic heterocycles. The number of aryl methyl sites for hydroxylation is 1. The van der Waals surface area contributed by atoms with Gasteiger partial charge in [0.1, 0.15) is 5.69 Å². The van der Waals surface area contributed by atoms with E-state index in [0.29, 0.717) is 24.3 Å². The van der Waals surface area contributed by atoms with Crippen LogP contribution in [-0.4, -0.2) is 44.1 Å². The average molecular weight is 327 g/mol. The lowest BCUT2D eigenvalue weighted by atomic mass is 10.0. The molecule has 1 aliphatic rings. The van der Waals surface area contributed by atoms with Crippen LogP contribution in [0.4, 0.5) is 0 Å². The number of primary amides is 1. The van der Waals surface area contributed by atoms with Crippen molar-refractivity contribution in [2.45, 2.75) is 38.8 Å². The topological polar surface area (TPSA) is 94.1 Å². The van der Waals surface area contributed by atoms with Crippen LogP contribution in [0.1, 0.15) is 45.7 Å². The van der Waals surface area contributed by atoms with Gasteiger partial charge >= 0.3 is 0 Å². The van der Waals surface area contributed by atoms with E-state index in [2.05, 4.69) is 10.1 Å². The highest BCUT2D eigenvalue weighted by atomic mass is 16.2. The van der Waals surface area contributed by atoms with Crippen LogP contribution < -0.4 is 5.73 Å². The van der Waals surface area contributed by atoms with E-state index in [4.69, 9.17) is 5.73 Å². The predicted molar refractivity (Wildman–Crippen MR) is 88.4 cm³/mol. The molecule has 0 bridgehead atoms. The average Bonchev–Trinajstić information content (AvgIpc) is 3.00. The molecule has 0 spiro atoms. The number of amides is 2. The standard InChI is InChI=1S/C17H21N5O2/c1-12-8-20-21(10-12)11-14-4-2-3-7-22(14)17(24)15-6-5-13(9-19-15)16(18)23/h5-6,8-10,14H,2-4,7,11H2,1H3,(H2,18,23). The predicted octanol–water partition coefficient (Wildman–Crippen LogP) is 1.38. The van der Waals surface area contributed by atoms with Crippen LogP contribution in [0.5, 0.6) is 0 Å². The van der Waals surface area contributed by atoms with E-state index in [0.717, 1.165) is 24.8 Å². The Hall–Kier alpha value is -2.70. The molecule has 126 valence electrons. The van der Waals surface area contributed by atoms with Crippen molar-refractivity contribution in [3.63, 3.8) is 0 Å². The van der Waals surface area contributed by atoms with Gasteiger partial charge in [0.15, 0.2) is 0 Å². The zero-order valence-electron chi connectivity index (χ0n) is 13.7. The molecule has 1 fully saturated rings. The summed E-state index contributed by atoms with van der Waals surface area (Å²) in [6.07, 6.45) is 8.19. The Kier molecular flexibility index (Phi) is 4.59. The van der Waals surface area contributed by atoms with E-state index >= 15 is 0 Å². The molecule has 0 radical (unpaired) electrons. The maximum absolute atomic E-state index is 12.8. The first-order valence-corrected chi connectivity index (χ1v) is 8.10. The Morgan fingerprint density at radius 1 is 1.29 bits per heavy atom.